The van der Waals surface area contributed by atoms with E-state index < -0.39 is 11.7 Å². The Labute approximate surface area is 267 Å². The Hall–Kier alpha value is -3.61. The second-order valence-corrected chi connectivity index (χ2v) is 13.9. The number of aromatic nitrogens is 2. The van der Waals surface area contributed by atoms with Crippen LogP contribution in [0.5, 0.6) is 0 Å². The lowest BCUT2D eigenvalue weighted by molar-refractivity contribution is -0.137. The summed E-state index contributed by atoms with van der Waals surface area (Å²) in [5, 5.41) is 4.43. The van der Waals surface area contributed by atoms with E-state index in [0.717, 1.165) is 46.0 Å². The normalized spacial score (nSPS) is 15.1. The number of carbonyl (C=O) groups excluding carboxylic acids is 1. The number of fused-ring (bicyclic) bond motifs is 1. The number of nitrogens with two attached hydrogens (primary N) is 1. The van der Waals surface area contributed by atoms with Crippen LogP contribution in [0.1, 0.15) is 57.8 Å². The lowest BCUT2D eigenvalue weighted by Gasteiger charge is -2.30. The van der Waals surface area contributed by atoms with Gasteiger partial charge in [0, 0.05) is 53.9 Å². The Bertz CT molecular complexity index is 1730. The van der Waals surface area contributed by atoms with Crippen LogP contribution in [0, 0.1) is 0 Å². The fraction of sp³-hybridized carbons (Fsp3) is 0.364. The van der Waals surface area contributed by atoms with Crippen molar-refractivity contribution >= 4 is 34.7 Å². The molecule has 3 heterocycles. The number of hydrogen-bond acceptors (Lipinski definition) is 7. The van der Waals surface area contributed by atoms with E-state index in [1.807, 2.05) is 30.3 Å². The number of hydrogen-bond donors (Lipinski definition) is 2. The molecule has 3 N–H and O–H groups in total. The minimum atomic E-state index is -4.34. The largest absolute Gasteiger partial charge is 0.416 e. The smallest absolute Gasteiger partial charge is 0.397 e. The predicted molar refractivity (Wildman–Crippen MR) is 172 cm³/mol. The van der Waals surface area contributed by atoms with E-state index in [0.29, 0.717) is 66.2 Å². The van der Waals surface area contributed by atoms with Crippen LogP contribution < -0.4 is 16.6 Å². The summed E-state index contributed by atoms with van der Waals surface area (Å²) in [4.78, 5) is 35.9. The fourth-order valence-corrected chi connectivity index (χ4v) is 7.82. The molecule has 1 saturated carbocycles. The summed E-state index contributed by atoms with van der Waals surface area (Å²) in [6, 6.07) is 16.5. The predicted octanol–water partition coefficient (Wildman–Crippen LogP) is 6.20. The van der Waals surface area contributed by atoms with Crippen molar-refractivity contribution in [2.75, 3.05) is 18.8 Å². The molecule has 2 aliphatic rings. The van der Waals surface area contributed by atoms with Gasteiger partial charge in [-0.2, -0.15) is 13.2 Å². The van der Waals surface area contributed by atoms with Crippen LogP contribution in [0.25, 0.3) is 5.69 Å². The number of thiophene rings is 1. The first-order valence-corrected chi connectivity index (χ1v) is 16.7. The van der Waals surface area contributed by atoms with Crippen molar-refractivity contribution in [2.24, 2.45) is 0 Å². The van der Waals surface area contributed by atoms with Crippen LogP contribution >= 0.6 is 23.1 Å². The molecule has 0 unspecified atom stereocenters. The van der Waals surface area contributed by atoms with Crippen molar-refractivity contribution in [3.63, 3.8) is 0 Å². The molecule has 1 amide bonds. The van der Waals surface area contributed by atoms with Gasteiger partial charge in [-0.3, -0.25) is 14.2 Å². The highest BCUT2D eigenvalue weighted by Gasteiger charge is 2.30. The molecule has 1 aliphatic heterocycles. The summed E-state index contributed by atoms with van der Waals surface area (Å²) < 4.78 is 40.1. The van der Waals surface area contributed by atoms with Gasteiger partial charge in [0.15, 0.2) is 5.16 Å². The molecule has 2 aromatic carbocycles. The molecular weight excluding hydrogens is 620 g/mol. The highest BCUT2D eigenvalue weighted by Crippen LogP contribution is 2.37. The summed E-state index contributed by atoms with van der Waals surface area (Å²) >= 11 is 3.23. The standard InChI is InChI=1S/C33H34F3N5O2S2/c34-33(35,36)22-10-8-21(9-11-22)18-24-12-13-25(44-24)19-38-16-14-30(42)40-17-15-28-26(20-40)31(43)41(29-7-2-1-6-27(29)37)32(39-28)45-23-4-3-5-23/h1-2,6-13,23,38H,3-5,14-20,37H2. The van der Waals surface area contributed by atoms with Crippen LogP contribution in [-0.2, 0) is 36.9 Å². The Morgan fingerprint density at radius 1 is 1.07 bits per heavy atom. The van der Waals surface area contributed by atoms with E-state index in [1.54, 1.807) is 38.6 Å². The minimum absolute atomic E-state index is 0.0274. The van der Waals surface area contributed by atoms with Crippen LogP contribution in [0.2, 0.25) is 0 Å². The highest BCUT2D eigenvalue weighted by atomic mass is 32.2. The molecule has 0 atom stereocenters. The Kier molecular flexibility index (Phi) is 9.34. The molecule has 7 nitrogen and oxygen atoms in total. The number of nitrogens with one attached hydrogen (secondary N) is 1. The first-order chi connectivity index (χ1) is 21.7. The number of para-hydroxylation sites is 2. The zero-order chi connectivity index (χ0) is 31.6. The maximum Gasteiger partial charge on any atom is 0.416 e. The first-order valence-electron chi connectivity index (χ1n) is 15.0. The van der Waals surface area contributed by atoms with Crippen molar-refractivity contribution < 1.29 is 18.0 Å². The van der Waals surface area contributed by atoms with E-state index in [9.17, 15) is 22.8 Å². The third kappa shape index (κ3) is 7.29. The summed E-state index contributed by atoms with van der Waals surface area (Å²) in [5.41, 5.74) is 8.71. The third-order valence-electron chi connectivity index (χ3n) is 8.25. The number of halogens is 3. The van der Waals surface area contributed by atoms with Gasteiger partial charge in [-0.25, -0.2) is 4.98 Å². The van der Waals surface area contributed by atoms with Gasteiger partial charge in [-0.15, -0.1) is 11.3 Å². The van der Waals surface area contributed by atoms with E-state index in [1.165, 1.54) is 18.6 Å². The first kappa shape index (κ1) is 31.4. The van der Waals surface area contributed by atoms with Gasteiger partial charge in [0.05, 0.1) is 34.7 Å². The Morgan fingerprint density at radius 3 is 2.53 bits per heavy atom. The highest BCUT2D eigenvalue weighted by molar-refractivity contribution is 7.99. The maximum absolute atomic E-state index is 13.9. The molecule has 12 heteroatoms. The Balaban J connectivity index is 1.04. The van der Waals surface area contributed by atoms with Crippen LogP contribution in [0.3, 0.4) is 0 Å². The van der Waals surface area contributed by atoms with Crippen LogP contribution in [-0.4, -0.2) is 38.7 Å². The molecular formula is C33H34F3N5O2S2. The fourth-order valence-electron chi connectivity index (χ4n) is 5.48. The quantitative estimate of drug-likeness (QED) is 0.120. The molecule has 0 radical (unpaired) electrons. The number of anilines is 1. The van der Waals surface area contributed by atoms with Crippen molar-refractivity contribution in [2.45, 2.75) is 68.2 Å². The van der Waals surface area contributed by atoms with Crippen LogP contribution in [0.15, 0.2) is 70.6 Å². The van der Waals surface area contributed by atoms with Gasteiger partial charge in [0.2, 0.25) is 5.91 Å². The average molecular weight is 654 g/mol. The minimum Gasteiger partial charge on any atom is -0.397 e. The van der Waals surface area contributed by atoms with Gasteiger partial charge in [-0.05, 0) is 54.8 Å². The molecule has 4 aromatic rings. The summed E-state index contributed by atoms with van der Waals surface area (Å²) in [7, 11) is 0. The second-order valence-electron chi connectivity index (χ2n) is 11.4. The molecule has 2 aromatic heterocycles. The summed E-state index contributed by atoms with van der Waals surface area (Å²) in [6.07, 6.45) is 0.446. The zero-order valence-electron chi connectivity index (χ0n) is 24.6. The molecule has 0 saturated heterocycles. The van der Waals surface area contributed by atoms with Gasteiger partial charge < -0.3 is 16.0 Å². The van der Waals surface area contributed by atoms with Crippen LogP contribution in [0.4, 0.5) is 18.9 Å². The number of thioether (sulfide) groups is 1. The van der Waals surface area contributed by atoms with Crippen molar-refractivity contribution in [1.82, 2.24) is 19.8 Å². The monoisotopic (exact) mass is 653 g/mol. The van der Waals surface area contributed by atoms with Gasteiger partial charge in [-0.1, -0.05) is 42.4 Å². The Morgan fingerprint density at radius 2 is 1.82 bits per heavy atom. The van der Waals surface area contributed by atoms with Gasteiger partial charge >= 0.3 is 6.18 Å². The summed E-state index contributed by atoms with van der Waals surface area (Å²) in [5.74, 6) is -0.0274. The van der Waals surface area contributed by atoms with Gasteiger partial charge in [0.1, 0.15) is 0 Å². The molecule has 1 aliphatic carbocycles. The van der Waals surface area contributed by atoms with E-state index in [4.69, 9.17) is 10.7 Å². The number of carbonyl (C=O) groups is 1. The number of alkyl halides is 3. The third-order valence-corrected chi connectivity index (χ3v) is 10.6. The molecule has 6 rings (SSSR count). The average Bonchev–Trinajstić information content (AvgIpc) is 3.44. The van der Waals surface area contributed by atoms with Gasteiger partial charge in [0.25, 0.3) is 5.56 Å². The lowest BCUT2D eigenvalue weighted by atomic mass is 10.0. The number of benzene rings is 2. The maximum atomic E-state index is 13.9. The molecule has 236 valence electrons. The summed E-state index contributed by atoms with van der Waals surface area (Å²) in [6.45, 7) is 1.80. The SMILES string of the molecule is Nc1ccccc1-n1c(SC2CCC2)nc2c(c1=O)CN(C(=O)CCNCc1ccc(Cc3ccc(C(F)(F)F)cc3)s1)CC2. The number of rotatable bonds is 10. The second kappa shape index (κ2) is 13.4. The lowest BCUT2D eigenvalue weighted by Crippen LogP contribution is -2.42. The van der Waals surface area contributed by atoms with Crippen molar-refractivity contribution in [1.29, 1.82) is 0 Å². The zero-order valence-corrected chi connectivity index (χ0v) is 26.2. The van der Waals surface area contributed by atoms with E-state index >= 15 is 0 Å². The molecule has 45 heavy (non-hydrogen) atoms. The number of amides is 1. The topological polar surface area (TPSA) is 93.2 Å². The molecule has 0 bridgehead atoms. The number of nitrogen functional groups attached to an aromatic ring is 1. The van der Waals surface area contributed by atoms with E-state index in [2.05, 4.69) is 5.32 Å². The van der Waals surface area contributed by atoms with E-state index in [-0.39, 0.29) is 18.0 Å². The molecule has 1 fully saturated rings. The van der Waals surface area contributed by atoms with Crippen molar-refractivity contribution in [3.8, 4) is 5.69 Å². The van der Waals surface area contributed by atoms with Crippen molar-refractivity contribution in [3.05, 3.63) is 103 Å². The number of nitrogens with zero attached hydrogens (tertiary/aromatic N) is 3. The molecule has 0 spiro atoms.